The van der Waals surface area contributed by atoms with Gasteiger partial charge in [-0.3, -0.25) is 0 Å². The van der Waals surface area contributed by atoms with E-state index in [9.17, 15) is 5.11 Å². The minimum Gasteiger partial charge on any atom is -0.502 e. The number of nitrogens with zero attached hydrogens (tertiary/aromatic N) is 2. The third-order valence-corrected chi connectivity index (χ3v) is 1.97. The van der Waals surface area contributed by atoms with E-state index in [-0.39, 0.29) is 0 Å². The Balaban J connectivity index is 2.50. The summed E-state index contributed by atoms with van der Waals surface area (Å²) in [6.07, 6.45) is 2.28. The molecule has 2 aromatic rings. The van der Waals surface area contributed by atoms with E-state index in [1.165, 1.54) is 0 Å². The lowest BCUT2D eigenvalue weighted by Gasteiger charge is -2.01. The Hall–Kier alpha value is -2.10. The Morgan fingerprint density at radius 3 is 2.73 bits per heavy atom. The molecule has 2 rings (SSSR count). The predicted octanol–water partition coefficient (Wildman–Crippen LogP) is 1.66. The van der Waals surface area contributed by atoms with Crippen LogP contribution >= 0.6 is 0 Å². The van der Waals surface area contributed by atoms with Crippen LogP contribution in [0.4, 0.5) is 0 Å². The van der Waals surface area contributed by atoms with Crippen LogP contribution in [0.1, 0.15) is 5.56 Å². The average molecular weight is 201 g/mol. The molecule has 0 atom stereocenters. The summed E-state index contributed by atoms with van der Waals surface area (Å²) in [6.45, 7) is 1.95. The first-order chi connectivity index (χ1) is 7.16. The summed E-state index contributed by atoms with van der Waals surface area (Å²) in [4.78, 5) is 7.55. The molecule has 0 aliphatic carbocycles. The van der Waals surface area contributed by atoms with E-state index >= 15 is 0 Å². The van der Waals surface area contributed by atoms with Gasteiger partial charge in [0, 0.05) is 5.56 Å². The van der Waals surface area contributed by atoms with E-state index < -0.39 is 11.6 Å². The van der Waals surface area contributed by atoms with Crippen molar-refractivity contribution in [2.45, 2.75) is 6.92 Å². The summed E-state index contributed by atoms with van der Waals surface area (Å²) in [5.74, 6) is -0.554. The van der Waals surface area contributed by atoms with Gasteiger partial charge >= 0.3 is 0 Å². The van der Waals surface area contributed by atoms with Gasteiger partial charge in [-0.1, -0.05) is 23.8 Å². The van der Waals surface area contributed by atoms with E-state index in [1.807, 2.05) is 31.2 Å². The van der Waals surface area contributed by atoms with E-state index in [1.54, 1.807) is 0 Å². The maximum Gasteiger partial charge on any atom is 0.258 e. The maximum absolute atomic E-state index is 9.20. The SMILES string of the molecule is Cc1cccc(-c2n[c]c(O)c(O)n2)c1. The molecule has 1 aromatic heterocycles. The summed E-state index contributed by atoms with van der Waals surface area (Å²) in [5.41, 5.74) is 1.85. The molecule has 0 aliphatic rings. The minimum atomic E-state index is -0.457. The van der Waals surface area contributed by atoms with Crippen molar-refractivity contribution in [1.82, 2.24) is 9.97 Å². The Kier molecular flexibility index (Phi) is 2.25. The van der Waals surface area contributed by atoms with Gasteiger partial charge in [-0.2, -0.15) is 4.98 Å². The van der Waals surface area contributed by atoms with Crippen LogP contribution in [0.5, 0.6) is 11.6 Å². The van der Waals surface area contributed by atoms with Crippen LogP contribution in [0.2, 0.25) is 0 Å². The molecular formula is C11H9N2O2. The van der Waals surface area contributed by atoms with Gasteiger partial charge in [0.1, 0.15) is 6.20 Å². The molecule has 0 amide bonds. The second kappa shape index (κ2) is 3.57. The molecule has 75 valence electrons. The summed E-state index contributed by atoms with van der Waals surface area (Å²) in [6, 6.07) is 7.54. The number of aromatic nitrogens is 2. The summed E-state index contributed by atoms with van der Waals surface area (Å²) < 4.78 is 0. The summed E-state index contributed by atoms with van der Waals surface area (Å²) in [5, 5.41) is 18.2. The molecule has 2 N–H and O–H groups in total. The fourth-order valence-electron chi connectivity index (χ4n) is 1.25. The Labute approximate surface area is 86.9 Å². The molecule has 0 bridgehead atoms. The standard InChI is InChI=1S/C11H9N2O2/c1-7-3-2-4-8(5-7)10-12-6-9(14)11(15)13-10/h2-5,14H,1H3,(H,12,13,15). The molecule has 15 heavy (non-hydrogen) atoms. The first kappa shape index (κ1) is 9.45. The minimum absolute atomic E-state index is 0.342. The fraction of sp³-hybridized carbons (Fsp3) is 0.0909. The lowest BCUT2D eigenvalue weighted by molar-refractivity contribution is 0.385. The molecule has 4 nitrogen and oxygen atoms in total. The highest BCUT2D eigenvalue weighted by Gasteiger charge is 2.06. The quantitative estimate of drug-likeness (QED) is 0.736. The zero-order chi connectivity index (χ0) is 10.8. The zero-order valence-corrected chi connectivity index (χ0v) is 8.10. The van der Waals surface area contributed by atoms with Crippen molar-refractivity contribution >= 4 is 0 Å². The van der Waals surface area contributed by atoms with Gasteiger partial charge in [-0.15, -0.1) is 0 Å². The van der Waals surface area contributed by atoms with Crippen LogP contribution in [0.3, 0.4) is 0 Å². The second-order valence-electron chi connectivity index (χ2n) is 3.20. The number of hydrogen-bond donors (Lipinski definition) is 2. The molecule has 0 unspecified atom stereocenters. The monoisotopic (exact) mass is 201 g/mol. The molecule has 0 saturated carbocycles. The largest absolute Gasteiger partial charge is 0.502 e. The van der Waals surface area contributed by atoms with Crippen LogP contribution in [-0.4, -0.2) is 20.2 Å². The van der Waals surface area contributed by atoms with Crippen molar-refractivity contribution in [1.29, 1.82) is 0 Å². The normalized spacial score (nSPS) is 10.2. The van der Waals surface area contributed by atoms with Crippen molar-refractivity contribution in [3.05, 3.63) is 36.0 Å². The lowest BCUT2D eigenvalue weighted by atomic mass is 10.1. The lowest BCUT2D eigenvalue weighted by Crippen LogP contribution is -1.89. The predicted molar refractivity (Wildman–Crippen MR) is 54.4 cm³/mol. The third kappa shape index (κ3) is 1.88. The highest BCUT2D eigenvalue weighted by Crippen LogP contribution is 2.23. The molecule has 0 saturated heterocycles. The molecule has 1 heterocycles. The topological polar surface area (TPSA) is 66.2 Å². The molecule has 1 aromatic carbocycles. The Morgan fingerprint density at radius 2 is 2.07 bits per heavy atom. The summed E-state index contributed by atoms with van der Waals surface area (Å²) >= 11 is 0. The molecule has 0 aliphatic heterocycles. The van der Waals surface area contributed by atoms with Gasteiger partial charge < -0.3 is 10.2 Å². The molecule has 0 fully saturated rings. The van der Waals surface area contributed by atoms with Gasteiger partial charge in [-0.25, -0.2) is 4.98 Å². The summed E-state index contributed by atoms with van der Waals surface area (Å²) in [7, 11) is 0. The second-order valence-corrected chi connectivity index (χ2v) is 3.20. The highest BCUT2D eigenvalue weighted by molar-refractivity contribution is 5.56. The molecule has 0 spiro atoms. The van der Waals surface area contributed by atoms with Crippen molar-refractivity contribution in [2.75, 3.05) is 0 Å². The number of rotatable bonds is 1. The van der Waals surface area contributed by atoms with Crippen LogP contribution in [0, 0.1) is 13.1 Å². The Bertz CT molecular complexity index is 498. The van der Waals surface area contributed by atoms with Crippen molar-refractivity contribution in [3.63, 3.8) is 0 Å². The molecular weight excluding hydrogens is 192 g/mol. The number of aryl methyl sites for hydroxylation is 1. The zero-order valence-electron chi connectivity index (χ0n) is 8.10. The van der Waals surface area contributed by atoms with Gasteiger partial charge in [0.05, 0.1) is 0 Å². The van der Waals surface area contributed by atoms with E-state index in [0.717, 1.165) is 11.1 Å². The first-order valence-electron chi connectivity index (χ1n) is 4.41. The average Bonchev–Trinajstić information content (AvgIpc) is 2.22. The number of hydrogen-bond acceptors (Lipinski definition) is 4. The van der Waals surface area contributed by atoms with Crippen LogP contribution < -0.4 is 0 Å². The number of aromatic hydroxyl groups is 2. The first-order valence-corrected chi connectivity index (χ1v) is 4.41. The van der Waals surface area contributed by atoms with Gasteiger partial charge in [-0.05, 0) is 13.0 Å². The smallest absolute Gasteiger partial charge is 0.258 e. The van der Waals surface area contributed by atoms with Crippen LogP contribution in [0.15, 0.2) is 24.3 Å². The van der Waals surface area contributed by atoms with E-state index in [0.29, 0.717) is 5.82 Å². The van der Waals surface area contributed by atoms with Gasteiger partial charge in [0.2, 0.25) is 5.75 Å². The highest BCUT2D eigenvalue weighted by atomic mass is 16.3. The van der Waals surface area contributed by atoms with Crippen molar-refractivity contribution < 1.29 is 10.2 Å². The third-order valence-electron chi connectivity index (χ3n) is 1.97. The van der Waals surface area contributed by atoms with Crippen LogP contribution in [0.25, 0.3) is 11.4 Å². The number of benzene rings is 1. The maximum atomic E-state index is 9.20. The molecule has 1 radical (unpaired) electrons. The van der Waals surface area contributed by atoms with E-state index in [2.05, 4.69) is 16.2 Å². The van der Waals surface area contributed by atoms with Gasteiger partial charge in [0.15, 0.2) is 5.82 Å². The van der Waals surface area contributed by atoms with Crippen molar-refractivity contribution in [3.8, 4) is 23.0 Å². The van der Waals surface area contributed by atoms with Crippen LogP contribution in [-0.2, 0) is 0 Å². The Morgan fingerprint density at radius 1 is 1.27 bits per heavy atom. The fourth-order valence-corrected chi connectivity index (χ4v) is 1.25. The molecule has 4 heteroatoms. The van der Waals surface area contributed by atoms with E-state index in [4.69, 9.17) is 5.11 Å². The van der Waals surface area contributed by atoms with Gasteiger partial charge in [0.25, 0.3) is 5.88 Å². The van der Waals surface area contributed by atoms with Crippen molar-refractivity contribution in [2.24, 2.45) is 0 Å².